The smallest absolute Gasteiger partial charge is 0.258 e. The summed E-state index contributed by atoms with van der Waals surface area (Å²) in [5, 5.41) is 17.8. The molecular weight excluding hydrogens is 249 g/mol. The predicted molar refractivity (Wildman–Crippen MR) is 47.8 cm³/mol. The van der Waals surface area contributed by atoms with Crippen LogP contribution in [0.2, 0.25) is 5.02 Å². The zero-order valence-corrected chi connectivity index (χ0v) is 8.13. The van der Waals surface area contributed by atoms with Crippen molar-refractivity contribution in [2.75, 3.05) is 0 Å². The van der Waals surface area contributed by atoms with Crippen LogP contribution in [0.3, 0.4) is 0 Å². The highest BCUT2D eigenvalue weighted by atomic mass is 35.5. The number of halogens is 4. The molecule has 0 atom stereocenters. The molecule has 16 heavy (non-hydrogen) atoms. The molecule has 1 rings (SSSR count). The van der Waals surface area contributed by atoms with Crippen molar-refractivity contribution in [2.24, 2.45) is 0 Å². The van der Waals surface area contributed by atoms with Gasteiger partial charge in [-0.1, -0.05) is 11.6 Å². The Labute approximate surface area is 92.0 Å². The van der Waals surface area contributed by atoms with Gasteiger partial charge in [0.15, 0.2) is 0 Å². The van der Waals surface area contributed by atoms with Crippen molar-refractivity contribution in [1.29, 1.82) is 5.26 Å². The number of nitriles is 1. The first-order valence-electron chi connectivity index (χ1n) is 3.72. The Kier molecular flexibility index (Phi) is 3.05. The lowest BCUT2D eigenvalue weighted by atomic mass is 10.1. The molecule has 0 radical (unpaired) electrons. The molecule has 0 saturated carbocycles. The molecule has 0 saturated heterocycles. The van der Waals surface area contributed by atoms with Crippen LogP contribution in [-0.4, -0.2) is 4.92 Å². The quantitative estimate of drug-likeness (QED) is 0.568. The van der Waals surface area contributed by atoms with E-state index in [9.17, 15) is 23.3 Å². The summed E-state index contributed by atoms with van der Waals surface area (Å²) in [5.41, 5.74) is -2.80. The summed E-state index contributed by atoms with van der Waals surface area (Å²) < 4.78 is 37.2. The van der Waals surface area contributed by atoms with Gasteiger partial charge in [-0.25, -0.2) is 0 Å². The molecule has 0 bridgehead atoms. The second-order valence-electron chi connectivity index (χ2n) is 2.72. The SMILES string of the molecule is N#Cc1cc([N+](=O)[O-])c(Cl)c(C(F)(F)F)c1. The number of nitro groups is 1. The Bertz CT molecular complexity index is 493. The topological polar surface area (TPSA) is 66.9 Å². The minimum atomic E-state index is -4.84. The normalized spacial score (nSPS) is 10.9. The minimum absolute atomic E-state index is 0.468. The van der Waals surface area contributed by atoms with Crippen LogP contribution in [0.5, 0.6) is 0 Å². The summed E-state index contributed by atoms with van der Waals surface area (Å²) in [7, 11) is 0. The Morgan fingerprint density at radius 2 is 2.00 bits per heavy atom. The molecule has 0 aliphatic rings. The summed E-state index contributed by atoms with van der Waals surface area (Å²) in [6.45, 7) is 0. The lowest BCUT2D eigenvalue weighted by Crippen LogP contribution is -2.08. The maximum Gasteiger partial charge on any atom is 0.418 e. The molecule has 0 fully saturated rings. The third kappa shape index (κ3) is 2.23. The van der Waals surface area contributed by atoms with Gasteiger partial charge in [-0.3, -0.25) is 10.1 Å². The van der Waals surface area contributed by atoms with E-state index in [1.807, 2.05) is 0 Å². The van der Waals surface area contributed by atoms with Crippen LogP contribution in [0.15, 0.2) is 12.1 Å². The first-order valence-corrected chi connectivity index (χ1v) is 4.10. The molecular formula is C8H2ClF3N2O2. The number of hydrogen-bond donors (Lipinski definition) is 0. The van der Waals surface area contributed by atoms with Gasteiger partial charge in [-0.2, -0.15) is 18.4 Å². The van der Waals surface area contributed by atoms with Crippen LogP contribution in [0.4, 0.5) is 18.9 Å². The Morgan fingerprint density at radius 1 is 1.44 bits per heavy atom. The van der Waals surface area contributed by atoms with Gasteiger partial charge < -0.3 is 0 Å². The van der Waals surface area contributed by atoms with Gasteiger partial charge in [-0.15, -0.1) is 0 Å². The summed E-state index contributed by atoms with van der Waals surface area (Å²) >= 11 is 5.25. The van der Waals surface area contributed by atoms with E-state index in [2.05, 4.69) is 0 Å². The van der Waals surface area contributed by atoms with Crippen molar-refractivity contribution < 1.29 is 18.1 Å². The van der Waals surface area contributed by atoms with Gasteiger partial charge in [0.05, 0.1) is 22.1 Å². The van der Waals surface area contributed by atoms with E-state index in [4.69, 9.17) is 16.9 Å². The van der Waals surface area contributed by atoms with Gasteiger partial charge in [0.1, 0.15) is 5.02 Å². The molecule has 0 aliphatic carbocycles. The van der Waals surface area contributed by atoms with E-state index in [1.54, 1.807) is 0 Å². The molecule has 0 aromatic heterocycles. The number of nitro benzene ring substituents is 1. The molecule has 0 N–H and O–H groups in total. The predicted octanol–water partition coefficient (Wildman–Crippen LogP) is 3.14. The fraction of sp³-hybridized carbons (Fsp3) is 0.125. The lowest BCUT2D eigenvalue weighted by molar-refractivity contribution is -0.385. The third-order valence-electron chi connectivity index (χ3n) is 1.68. The van der Waals surface area contributed by atoms with Crippen LogP contribution in [0.25, 0.3) is 0 Å². The highest BCUT2D eigenvalue weighted by molar-refractivity contribution is 6.33. The maximum atomic E-state index is 12.4. The van der Waals surface area contributed by atoms with Gasteiger partial charge in [0.2, 0.25) is 0 Å². The first kappa shape index (κ1) is 12.3. The third-order valence-corrected chi connectivity index (χ3v) is 2.08. The van der Waals surface area contributed by atoms with Crippen molar-refractivity contribution in [3.63, 3.8) is 0 Å². The molecule has 0 amide bonds. The number of alkyl halides is 3. The monoisotopic (exact) mass is 250 g/mol. The molecule has 0 spiro atoms. The lowest BCUT2D eigenvalue weighted by Gasteiger charge is -2.08. The molecule has 8 heteroatoms. The Hall–Kier alpha value is -1.81. The van der Waals surface area contributed by atoms with Crippen molar-refractivity contribution >= 4 is 17.3 Å². The zero-order valence-electron chi connectivity index (χ0n) is 7.38. The second-order valence-corrected chi connectivity index (χ2v) is 3.10. The number of nitrogens with zero attached hydrogens (tertiary/aromatic N) is 2. The fourth-order valence-corrected chi connectivity index (χ4v) is 1.30. The van der Waals surface area contributed by atoms with E-state index in [-0.39, 0.29) is 0 Å². The summed E-state index contributed by atoms with van der Waals surface area (Å²) in [6.07, 6.45) is -4.84. The highest BCUT2D eigenvalue weighted by Gasteiger charge is 2.37. The van der Waals surface area contributed by atoms with Crippen LogP contribution < -0.4 is 0 Å². The maximum absolute atomic E-state index is 12.4. The van der Waals surface area contributed by atoms with E-state index in [1.165, 1.54) is 6.07 Å². The number of rotatable bonds is 1. The van der Waals surface area contributed by atoms with Crippen LogP contribution >= 0.6 is 11.6 Å². The first-order chi connectivity index (χ1) is 7.27. The number of hydrogen-bond acceptors (Lipinski definition) is 3. The molecule has 1 aromatic rings. The minimum Gasteiger partial charge on any atom is -0.258 e. The van der Waals surface area contributed by atoms with Gasteiger partial charge in [0.25, 0.3) is 5.69 Å². The number of benzene rings is 1. The van der Waals surface area contributed by atoms with Gasteiger partial charge >= 0.3 is 6.18 Å². The standard InChI is InChI=1S/C8H2ClF3N2O2/c9-7-5(8(10,11)12)1-4(3-13)2-6(7)14(15)16/h1-2H. The Morgan fingerprint density at radius 3 is 2.38 bits per heavy atom. The van der Waals surface area contributed by atoms with E-state index in [0.717, 1.165) is 0 Å². The van der Waals surface area contributed by atoms with E-state index < -0.39 is 32.9 Å². The molecule has 4 nitrogen and oxygen atoms in total. The van der Waals surface area contributed by atoms with Crippen LogP contribution in [0, 0.1) is 21.4 Å². The molecule has 84 valence electrons. The van der Waals surface area contributed by atoms with Crippen molar-refractivity contribution in [2.45, 2.75) is 6.18 Å². The summed E-state index contributed by atoms with van der Waals surface area (Å²) in [5.74, 6) is 0. The highest BCUT2D eigenvalue weighted by Crippen LogP contribution is 2.39. The van der Waals surface area contributed by atoms with Crippen LogP contribution in [0.1, 0.15) is 11.1 Å². The van der Waals surface area contributed by atoms with Crippen molar-refractivity contribution in [3.05, 3.63) is 38.4 Å². The summed E-state index contributed by atoms with van der Waals surface area (Å²) in [4.78, 5) is 9.34. The molecule has 1 aromatic carbocycles. The Balaban J connectivity index is 3.58. The molecule has 0 aliphatic heterocycles. The van der Waals surface area contributed by atoms with E-state index in [0.29, 0.717) is 12.1 Å². The fourth-order valence-electron chi connectivity index (χ4n) is 1.01. The largest absolute Gasteiger partial charge is 0.418 e. The average Bonchev–Trinajstić information content (AvgIpc) is 2.15. The van der Waals surface area contributed by atoms with Gasteiger partial charge in [0, 0.05) is 6.07 Å². The average molecular weight is 251 g/mol. The van der Waals surface area contributed by atoms with Crippen molar-refractivity contribution in [1.82, 2.24) is 0 Å². The zero-order chi connectivity index (χ0) is 12.5. The molecule has 0 unspecified atom stereocenters. The summed E-state index contributed by atoms with van der Waals surface area (Å²) in [6, 6.07) is 2.56. The molecule has 0 heterocycles. The second kappa shape index (κ2) is 3.98. The van der Waals surface area contributed by atoms with Crippen molar-refractivity contribution in [3.8, 4) is 6.07 Å². The van der Waals surface area contributed by atoms with Crippen LogP contribution in [-0.2, 0) is 6.18 Å². The van der Waals surface area contributed by atoms with E-state index >= 15 is 0 Å². The van der Waals surface area contributed by atoms with Gasteiger partial charge in [-0.05, 0) is 6.07 Å².